The van der Waals surface area contributed by atoms with Gasteiger partial charge in [0.15, 0.2) is 27.9 Å². The van der Waals surface area contributed by atoms with Crippen molar-refractivity contribution in [3.63, 3.8) is 0 Å². The minimum atomic E-state index is 0.201. The predicted molar refractivity (Wildman–Crippen MR) is 126 cm³/mol. The number of rotatable bonds is 6. The van der Waals surface area contributed by atoms with Crippen LogP contribution in [0.15, 0.2) is 28.5 Å². The zero-order valence-electron chi connectivity index (χ0n) is 16.8. The van der Waals surface area contributed by atoms with Crippen LogP contribution >= 0.6 is 34.4 Å². The van der Waals surface area contributed by atoms with Gasteiger partial charge in [-0.2, -0.15) is 0 Å². The molecule has 2 aromatic heterocycles. The molecule has 0 atom stereocenters. The van der Waals surface area contributed by atoms with Crippen molar-refractivity contribution in [2.45, 2.75) is 48.7 Å². The number of amides is 1. The molecular formula is C21H21IN6O2S. The molecule has 0 unspecified atom stereocenters. The quantitative estimate of drug-likeness (QED) is 0.471. The van der Waals surface area contributed by atoms with Gasteiger partial charge in [-0.25, -0.2) is 15.0 Å². The molecule has 1 aliphatic heterocycles. The molecule has 0 saturated carbocycles. The van der Waals surface area contributed by atoms with Crippen molar-refractivity contribution in [3.8, 4) is 0 Å². The average Bonchev–Trinajstić information content (AvgIpc) is 3.42. The van der Waals surface area contributed by atoms with Gasteiger partial charge in [0.05, 0.1) is 0 Å². The molecule has 0 spiro atoms. The first kappa shape index (κ1) is 20.7. The number of halogens is 1. The number of fused-ring (bicyclic) bond motifs is 2. The van der Waals surface area contributed by atoms with Gasteiger partial charge in [-0.3, -0.25) is 9.59 Å². The Labute approximate surface area is 197 Å². The van der Waals surface area contributed by atoms with E-state index in [9.17, 15) is 9.59 Å². The minimum absolute atomic E-state index is 0.201. The Bertz CT molecular complexity index is 1210. The minimum Gasteiger partial charge on any atom is -0.382 e. The highest BCUT2D eigenvalue weighted by molar-refractivity contribution is 14.1. The van der Waals surface area contributed by atoms with Crippen molar-refractivity contribution < 1.29 is 9.59 Å². The Hall–Kier alpha value is -2.21. The lowest BCUT2D eigenvalue weighted by Crippen LogP contribution is -2.26. The van der Waals surface area contributed by atoms with Gasteiger partial charge in [0.1, 0.15) is 6.33 Å². The number of carbonyl (C=O) groups is 2. The SMILES string of the molecule is Nc1ncnc2c1nc(Sc1cc3c(cc1I)CCC3=O)n2CCCN1CCCC1=O. The van der Waals surface area contributed by atoms with Gasteiger partial charge in [-0.1, -0.05) is 11.8 Å². The number of nitrogens with two attached hydrogens (primary N) is 1. The number of ketones is 1. The van der Waals surface area contributed by atoms with E-state index < -0.39 is 0 Å². The number of nitrogen functional groups attached to an aromatic ring is 1. The summed E-state index contributed by atoms with van der Waals surface area (Å²) < 4.78 is 3.14. The molecule has 1 saturated heterocycles. The first-order valence-corrected chi connectivity index (χ1v) is 12.2. The maximum atomic E-state index is 12.2. The van der Waals surface area contributed by atoms with E-state index in [-0.39, 0.29) is 11.7 Å². The lowest BCUT2D eigenvalue weighted by Gasteiger charge is -2.16. The monoisotopic (exact) mass is 548 g/mol. The number of hydrogen-bond acceptors (Lipinski definition) is 7. The van der Waals surface area contributed by atoms with Crippen LogP contribution in [0.25, 0.3) is 11.2 Å². The second-order valence-electron chi connectivity index (χ2n) is 7.78. The van der Waals surface area contributed by atoms with Gasteiger partial charge in [0, 0.05) is 46.5 Å². The van der Waals surface area contributed by atoms with Crippen LogP contribution in [0.1, 0.15) is 41.6 Å². The number of Topliss-reactive ketones (excluding diaryl/α,β-unsaturated/α-hetero) is 1. The zero-order chi connectivity index (χ0) is 21.5. The zero-order valence-corrected chi connectivity index (χ0v) is 19.8. The summed E-state index contributed by atoms with van der Waals surface area (Å²) >= 11 is 3.83. The maximum Gasteiger partial charge on any atom is 0.222 e. The molecule has 0 bridgehead atoms. The maximum absolute atomic E-state index is 12.2. The highest BCUT2D eigenvalue weighted by Gasteiger charge is 2.24. The Morgan fingerprint density at radius 3 is 2.81 bits per heavy atom. The molecule has 1 amide bonds. The summed E-state index contributed by atoms with van der Waals surface area (Å²) in [5.74, 6) is 0.778. The Kier molecular flexibility index (Phi) is 5.59. The highest BCUT2D eigenvalue weighted by atomic mass is 127. The van der Waals surface area contributed by atoms with Crippen LogP contribution in [0, 0.1) is 3.57 Å². The number of benzene rings is 1. The van der Waals surface area contributed by atoms with Gasteiger partial charge in [0.25, 0.3) is 0 Å². The number of nitrogens with zero attached hydrogens (tertiary/aromatic N) is 5. The third-order valence-electron chi connectivity index (χ3n) is 5.79. The molecule has 2 aliphatic rings. The van der Waals surface area contributed by atoms with Crippen LogP contribution in [-0.2, 0) is 17.8 Å². The molecule has 0 radical (unpaired) electrons. The van der Waals surface area contributed by atoms with Gasteiger partial charge in [-0.05, 0) is 59.5 Å². The van der Waals surface area contributed by atoms with E-state index in [1.807, 2.05) is 15.5 Å². The summed E-state index contributed by atoms with van der Waals surface area (Å²) in [5, 5.41) is 0.762. The predicted octanol–water partition coefficient (Wildman–Crippen LogP) is 3.31. The second-order valence-corrected chi connectivity index (χ2v) is 9.95. The van der Waals surface area contributed by atoms with Gasteiger partial charge in [-0.15, -0.1) is 0 Å². The van der Waals surface area contributed by atoms with Crippen LogP contribution in [0.4, 0.5) is 5.82 Å². The van der Waals surface area contributed by atoms with Crippen molar-refractivity contribution in [1.29, 1.82) is 0 Å². The highest BCUT2D eigenvalue weighted by Crippen LogP contribution is 2.37. The van der Waals surface area contributed by atoms with E-state index in [0.717, 1.165) is 50.6 Å². The smallest absolute Gasteiger partial charge is 0.222 e. The lowest BCUT2D eigenvalue weighted by molar-refractivity contribution is -0.127. The molecule has 160 valence electrons. The first-order valence-electron chi connectivity index (χ1n) is 10.3. The molecule has 1 aromatic carbocycles. The van der Waals surface area contributed by atoms with Crippen molar-refractivity contribution in [2.75, 3.05) is 18.8 Å². The fourth-order valence-corrected chi connectivity index (χ4v) is 6.01. The third kappa shape index (κ3) is 3.91. The van der Waals surface area contributed by atoms with E-state index in [1.54, 1.807) is 0 Å². The molecule has 10 heteroatoms. The fourth-order valence-electron chi connectivity index (χ4n) is 4.19. The number of aryl methyl sites for hydroxylation is 2. The second kappa shape index (κ2) is 8.38. The average molecular weight is 548 g/mol. The number of carbonyl (C=O) groups excluding carboxylic acids is 2. The van der Waals surface area contributed by atoms with Gasteiger partial charge >= 0.3 is 0 Å². The van der Waals surface area contributed by atoms with E-state index >= 15 is 0 Å². The van der Waals surface area contributed by atoms with E-state index in [0.29, 0.717) is 42.9 Å². The summed E-state index contributed by atoms with van der Waals surface area (Å²) in [7, 11) is 0. The molecule has 2 N–H and O–H groups in total. The van der Waals surface area contributed by atoms with E-state index in [2.05, 4.69) is 38.6 Å². The largest absolute Gasteiger partial charge is 0.382 e. The lowest BCUT2D eigenvalue weighted by atomic mass is 10.1. The van der Waals surface area contributed by atoms with Crippen molar-refractivity contribution >= 4 is 63.0 Å². The fraction of sp³-hybridized carbons (Fsp3) is 0.381. The summed E-state index contributed by atoms with van der Waals surface area (Å²) in [4.78, 5) is 40.3. The molecular weight excluding hydrogens is 527 g/mol. The van der Waals surface area contributed by atoms with Crippen molar-refractivity contribution in [2.24, 2.45) is 0 Å². The Balaban J connectivity index is 1.46. The van der Waals surface area contributed by atoms with Crippen molar-refractivity contribution in [1.82, 2.24) is 24.4 Å². The van der Waals surface area contributed by atoms with Crippen LogP contribution in [0.5, 0.6) is 0 Å². The third-order valence-corrected chi connectivity index (χ3v) is 8.10. The summed E-state index contributed by atoms with van der Waals surface area (Å²) in [5.41, 5.74) is 9.27. The number of hydrogen-bond donors (Lipinski definition) is 1. The number of imidazole rings is 1. The molecule has 3 heterocycles. The van der Waals surface area contributed by atoms with Gasteiger partial charge in [0.2, 0.25) is 5.91 Å². The Morgan fingerprint density at radius 2 is 2.00 bits per heavy atom. The molecule has 31 heavy (non-hydrogen) atoms. The summed E-state index contributed by atoms with van der Waals surface area (Å²) in [6.07, 6.45) is 5.23. The summed E-state index contributed by atoms with van der Waals surface area (Å²) in [6.45, 7) is 2.22. The normalized spacial score (nSPS) is 16.0. The van der Waals surface area contributed by atoms with Crippen LogP contribution in [0.2, 0.25) is 0 Å². The Morgan fingerprint density at radius 1 is 1.13 bits per heavy atom. The van der Waals surface area contributed by atoms with Crippen LogP contribution < -0.4 is 5.73 Å². The van der Waals surface area contributed by atoms with E-state index in [1.165, 1.54) is 18.1 Å². The van der Waals surface area contributed by atoms with Gasteiger partial charge < -0.3 is 15.2 Å². The molecule has 1 fully saturated rings. The molecule has 1 aliphatic carbocycles. The standard InChI is InChI=1S/C21H21IN6O2S/c22-14-9-12-4-5-15(29)13(12)10-16(14)31-21-26-18-19(23)24-11-25-20(18)28(21)8-2-7-27-6-1-3-17(27)30/h9-11H,1-8H2,(H2,23,24,25). The topological polar surface area (TPSA) is 107 Å². The van der Waals surface area contributed by atoms with Crippen LogP contribution in [-0.4, -0.2) is 49.2 Å². The molecule has 8 nitrogen and oxygen atoms in total. The molecule has 5 rings (SSSR count). The van der Waals surface area contributed by atoms with Crippen LogP contribution in [0.3, 0.4) is 0 Å². The molecule has 3 aromatic rings. The number of aromatic nitrogens is 4. The van der Waals surface area contributed by atoms with Crippen molar-refractivity contribution in [3.05, 3.63) is 33.2 Å². The number of likely N-dealkylation sites (tertiary alicyclic amines) is 1. The number of anilines is 1. The first-order chi connectivity index (χ1) is 15.0. The van der Waals surface area contributed by atoms with E-state index in [4.69, 9.17) is 10.7 Å². The summed E-state index contributed by atoms with van der Waals surface area (Å²) in [6, 6.07) is 4.09.